The van der Waals surface area contributed by atoms with Crippen LogP contribution in [0.5, 0.6) is 5.75 Å². The van der Waals surface area contributed by atoms with Gasteiger partial charge in [-0.15, -0.1) is 0 Å². The average molecular weight is 210 g/mol. The van der Waals surface area contributed by atoms with Crippen LogP contribution in [0.25, 0.3) is 0 Å². The van der Waals surface area contributed by atoms with Crippen LogP contribution in [0.2, 0.25) is 5.54 Å². The van der Waals surface area contributed by atoms with Crippen molar-refractivity contribution in [3.63, 3.8) is 0 Å². The predicted molar refractivity (Wildman–Crippen MR) is 60.9 cm³/mol. The van der Waals surface area contributed by atoms with Crippen LogP contribution in [0.15, 0.2) is 30.3 Å². The minimum atomic E-state index is -1.53. The van der Waals surface area contributed by atoms with Gasteiger partial charge < -0.3 is 8.85 Å². The Morgan fingerprint density at radius 1 is 1.21 bits per heavy atom. The molecule has 0 N–H and O–H groups in total. The van der Waals surface area contributed by atoms with Gasteiger partial charge in [-0.2, -0.15) is 0 Å². The Kier molecular flexibility index (Phi) is 4.69. The highest BCUT2D eigenvalue weighted by atomic mass is 28.3. The molecule has 1 aromatic rings. The molecule has 0 aliphatic carbocycles. The van der Waals surface area contributed by atoms with Gasteiger partial charge in [0.2, 0.25) is 0 Å². The number of hydrogen-bond acceptors (Lipinski definition) is 2. The lowest BCUT2D eigenvalue weighted by atomic mass is 10.3. The standard InChI is InChI=1S/C11H18O2Si/c1-4-12-14(10(2)3)13-11-8-6-5-7-9-11/h5-10,14H,4H2,1-3H3. The molecule has 0 heterocycles. The third-order valence-electron chi connectivity index (χ3n) is 1.87. The summed E-state index contributed by atoms with van der Waals surface area (Å²) in [6, 6.07) is 9.89. The van der Waals surface area contributed by atoms with E-state index in [0.29, 0.717) is 5.54 Å². The topological polar surface area (TPSA) is 18.5 Å². The largest absolute Gasteiger partial charge is 0.522 e. The van der Waals surface area contributed by atoms with Crippen molar-refractivity contribution in [2.75, 3.05) is 6.61 Å². The Bertz CT molecular complexity index is 249. The molecule has 3 heteroatoms. The molecule has 0 aliphatic heterocycles. The van der Waals surface area contributed by atoms with Crippen molar-refractivity contribution in [1.29, 1.82) is 0 Å². The summed E-state index contributed by atoms with van der Waals surface area (Å²) >= 11 is 0. The highest BCUT2D eigenvalue weighted by molar-refractivity contribution is 6.47. The Morgan fingerprint density at radius 3 is 2.36 bits per heavy atom. The summed E-state index contributed by atoms with van der Waals surface area (Å²) < 4.78 is 11.5. The minimum Gasteiger partial charge on any atom is -0.522 e. The van der Waals surface area contributed by atoms with Crippen LogP contribution in [-0.4, -0.2) is 15.9 Å². The molecule has 2 nitrogen and oxygen atoms in total. The second-order valence-electron chi connectivity index (χ2n) is 3.50. The summed E-state index contributed by atoms with van der Waals surface area (Å²) in [5.74, 6) is 0.923. The van der Waals surface area contributed by atoms with Gasteiger partial charge in [-0.25, -0.2) is 0 Å². The van der Waals surface area contributed by atoms with Gasteiger partial charge in [0, 0.05) is 12.1 Å². The van der Waals surface area contributed by atoms with E-state index >= 15 is 0 Å². The lowest BCUT2D eigenvalue weighted by Gasteiger charge is -2.19. The SMILES string of the molecule is CCO[SiH](Oc1ccccc1)C(C)C. The predicted octanol–water partition coefficient (Wildman–Crippen LogP) is 2.73. The van der Waals surface area contributed by atoms with Crippen LogP contribution in [0, 0.1) is 0 Å². The summed E-state index contributed by atoms with van der Waals surface area (Å²) in [6.45, 7) is 7.05. The van der Waals surface area contributed by atoms with Crippen molar-refractivity contribution in [1.82, 2.24) is 0 Å². The Morgan fingerprint density at radius 2 is 1.86 bits per heavy atom. The third kappa shape index (κ3) is 3.52. The molecule has 1 atom stereocenters. The Labute approximate surface area is 87.7 Å². The van der Waals surface area contributed by atoms with Crippen molar-refractivity contribution in [2.45, 2.75) is 26.3 Å². The van der Waals surface area contributed by atoms with Gasteiger partial charge in [0.25, 0.3) is 0 Å². The molecule has 0 aromatic heterocycles. The minimum absolute atomic E-state index is 0.496. The van der Waals surface area contributed by atoms with E-state index in [0.717, 1.165) is 12.4 Å². The quantitative estimate of drug-likeness (QED) is 0.696. The summed E-state index contributed by atoms with van der Waals surface area (Å²) in [7, 11) is -1.53. The fourth-order valence-corrected chi connectivity index (χ4v) is 2.64. The molecule has 0 bridgehead atoms. The molecular weight excluding hydrogens is 192 g/mol. The molecule has 0 saturated heterocycles. The normalized spacial score (nSPS) is 12.9. The first-order valence-corrected chi connectivity index (χ1v) is 6.68. The summed E-state index contributed by atoms with van der Waals surface area (Å²) in [6.07, 6.45) is 0. The van der Waals surface area contributed by atoms with E-state index in [1.54, 1.807) is 0 Å². The zero-order chi connectivity index (χ0) is 10.4. The second-order valence-corrected chi connectivity index (χ2v) is 6.14. The van der Waals surface area contributed by atoms with Crippen molar-refractivity contribution in [2.24, 2.45) is 0 Å². The maximum atomic E-state index is 5.83. The maximum Gasteiger partial charge on any atom is 0.385 e. The number of para-hydroxylation sites is 1. The molecule has 0 saturated carbocycles. The highest BCUT2D eigenvalue weighted by Gasteiger charge is 2.19. The van der Waals surface area contributed by atoms with Gasteiger partial charge in [0.1, 0.15) is 5.75 Å². The molecule has 1 rings (SSSR count). The lowest BCUT2D eigenvalue weighted by Crippen LogP contribution is -2.29. The molecule has 0 aliphatic rings. The maximum absolute atomic E-state index is 5.83. The van der Waals surface area contributed by atoms with Gasteiger partial charge in [-0.05, 0) is 19.1 Å². The van der Waals surface area contributed by atoms with Crippen LogP contribution in [-0.2, 0) is 4.43 Å². The van der Waals surface area contributed by atoms with Crippen molar-refractivity contribution >= 4 is 9.28 Å². The van der Waals surface area contributed by atoms with E-state index in [4.69, 9.17) is 8.85 Å². The molecule has 1 unspecified atom stereocenters. The van der Waals surface area contributed by atoms with Crippen molar-refractivity contribution < 1.29 is 8.85 Å². The number of rotatable bonds is 5. The van der Waals surface area contributed by atoms with E-state index in [2.05, 4.69) is 13.8 Å². The van der Waals surface area contributed by atoms with Crippen LogP contribution >= 0.6 is 0 Å². The number of benzene rings is 1. The molecule has 14 heavy (non-hydrogen) atoms. The van der Waals surface area contributed by atoms with Gasteiger partial charge in [0.05, 0.1) is 0 Å². The van der Waals surface area contributed by atoms with Gasteiger partial charge >= 0.3 is 9.28 Å². The average Bonchev–Trinajstić information content (AvgIpc) is 2.18. The van der Waals surface area contributed by atoms with Gasteiger partial charge in [0.15, 0.2) is 0 Å². The van der Waals surface area contributed by atoms with Crippen LogP contribution in [0.3, 0.4) is 0 Å². The van der Waals surface area contributed by atoms with Crippen LogP contribution in [0.4, 0.5) is 0 Å². The van der Waals surface area contributed by atoms with E-state index in [1.807, 2.05) is 37.3 Å². The molecule has 0 amide bonds. The summed E-state index contributed by atoms with van der Waals surface area (Å²) in [5.41, 5.74) is 0.496. The van der Waals surface area contributed by atoms with Crippen LogP contribution < -0.4 is 4.43 Å². The smallest absolute Gasteiger partial charge is 0.385 e. The summed E-state index contributed by atoms with van der Waals surface area (Å²) in [5, 5.41) is 0. The van der Waals surface area contributed by atoms with Crippen LogP contribution in [0.1, 0.15) is 20.8 Å². The molecule has 0 fully saturated rings. The highest BCUT2D eigenvalue weighted by Crippen LogP contribution is 2.16. The van der Waals surface area contributed by atoms with E-state index < -0.39 is 9.28 Å². The zero-order valence-electron chi connectivity index (χ0n) is 9.07. The second kappa shape index (κ2) is 5.83. The van der Waals surface area contributed by atoms with E-state index in [9.17, 15) is 0 Å². The fraction of sp³-hybridized carbons (Fsp3) is 0.455. The first-order chi connectivity index (χ1) is 6.74. The molecule has 1 aromatic carbocycles. The molecule has 0 spiro atoms. The Hall–Kier alpha value is -0.803. The van der Waals surface area contributed by atoms with Crippen molar-refractivity contribution in [3.05, 3.63) is 30.3 Å². The molecule has 78 valence electrons. The van der Waals surface area contributed by atoms with E-state index in [1.165, 1.54) is 0 Å². The van der Waals surface area contributed by atoms with Gasteiger partial charge in [-0.3, -0.25) is 0 Å². The Balaban J connectivity index is 2.55. The zero-order valence-corrected chi connectivity index (χ0v) is 10.2. The molecule has 0 radical (unpaired) electrons. The van der Waals surface area contributed by atoms with Crippen molar-refractivity contribution in [3.8, 4) is 5.75 Å². The fourth-order valence-electron chi connectivity index (χ4n) is 1.16. The molecular formula is C11H18O2Si. The lowest BCUT2D eigenvalue weighted by molar-refractivity contribution is 0.274. The third-order valence-corrected chi connectivity index (χ3v) is 4.13. The monoisotopic (exact) mass is 210 g/mol. The summed E-state index contributed by atoms with van der Waals surface area (Å²) in [4.78, 5) is 0. The van der Waals surface area contributed by atoms with Gasteiger partial charge in [-0.1, -0.05) is 32.0 Å². The van der Waals surface area contributed by atoms with E-state index in [-0.39, 0.29) is 0 Å². The first-order valence-electron chi connectivity index (χ1n) is 5.07. The number of hydrogen-bond donors (Lipinski definition) is 0. The first kappa shape index (κ1) is 11.3.